The van der Waals surface area contributed by atoms with Gasteiger partial charge >= 0.3 is 0 Å². The van der Waals surface area contributed by atoms with E-state index >= 15 is 0 Å². The topological polar surface area (TPSA) is 95.3 Å². The number of hydrogen-bond donors (Lipinski definition) is 2. The zero-order valence-electron chi connectivity index (χ0n) is 19.7. The molecule has 0 spiro atoms. The van der Waals surface area contributed by atoms with Crippen molar-refractivity contribution in [3.8, 4) is 11.6 Å². The van der Waals surface area contributed by atoms with Crippen molar-refractivity contribution in [1.29, 1.82) is 0 Å². The van der Waals surface area contributed by atoms with E-state index in [1.165, 1.54) is 0 Å². The molecule has 1 aliphatic rings. The fourth-order valence-corrected chi connectivity index (χ4v) is 5.11. The number of anilines is 1. The Bertz CT molecular complexity index is 1060. The molecule has 1 aromatic carbocycles. The van der Waals surface area contributed by atoms with Crippen LogP contribution in [0.3, 0.4) is 0 Å². The third-order valence-corrected chi connectivity index (χ3v) is 7.34. The predicted octanol–water partition coefficient (Wildman–Crippen LogP) is 4.31. The van der Waals surface area contributed by atoms with Crippen molar-refractivity contribution < 1.29 is 14.4 Å². The van der Waals surface area contributed by atoms with E-state index in [-0.39, 0.29) is 0 Å². The number of aliphatic hydroxyl groups is 1. The molecular weight excluding hydrogens is 436 g/mol. The van der Waals surface area contributed by atoms with Crippen LogP contribution in [-0.4, -0.2) is 54.5 Å². The van der Waals surface area contributed by atoms with Crippen LogP contribution in [0.5, 0.6) is 5.75 Å². The highest BCUT2D eigenvalue weighted by Crippen LogP contribution is 2.33. The van der Waals surface area contributed by atoms with Gasteiger partial charge in [0.05, 0.1) is 24.0 Å². The molecular formula is C25H34N4O3S. The molecule has 0 saturated heterocycles. The molecule has 1 saturated carbocycles. The zero-order chi connectivity index (χ0) is 23.4. The second-order valence-corrected chi connectivity index (χ2v) is 11.0. The van der Waals surface area contributed by atoms with Crippen molar-refractivity contribution in [3.05, 3.63) is 42.7 Å². The molecule has 7 nitrogen and oxygen atoms in total. The van der Waals surface area contributed by atoms with Crippen LogP contribution >= 0.6 is 0 Å². The van der Waals surface area contributed by atoms with Crippen LogP contribution in [0.1, 0.15) is 46.0 Å². The molecule has 2 aromatic heterocycles. The van der Waals surface area contributed by atoms with E-state index in [4.69, 9.17) is 9.72 Å². The minimum absolute atomic E-state index is 0.317. The molecule has 1 atom stereocenters. The Balaban J connectivity index is 1.45. The number of aromatic nitrogens is 3. The van der Waals surface area contributed by atoms with Gasteiger partial charge in [-0.3, -0.25) is 0 Å². The first-order valence-corrected chi connectivity index (χ1v) is 13.4. The van der Waals surface area contributed by atoms with Crippen LogP contribution in [0.2, 0.25) is 0 Å². The van der Waals surface area contributed by atoms with Crippen molar-refractivity contribution in [2.45, 2.75) is 57.6 Å². The van der Waals surface area contributed by atoms with Gasteiger partial charge in [-0.1, -0.05) is 17.2 Å². The van der Waals surface area contributed by atoms with Gasteiger partial charge in [0.2, 0.25) is 5.95 Å². The summed E-state index contributed by atoms with van der Waals surface area (Å²) < 4.78 is 19.3. The van der Waals surface area contributed by atoms with Gasteiger partial charge in [-0.05, 0) is 69.7 Å². The van der Waals surface area contributed by atoms with Crippen molar-refractivity contribution in [2.75, 3.05) is 23.9 Å². The average molecular weight is 471 g/mol. The van der Waals surface area contributed by atoms with Crippen LogP contribution in [-0.2, 0) is 11.2 Å². The van der Waals surface area contributed by atoms with Crippen LogP contribution in [0.25, 0.3) is 16.7 Å². The highest BCUT2D eigenvalue weighted by Gasteiger charge is 2.31. The van der Waals surface area contributed by atoms with Crippen LogP contribution in [0.4, 0.5) is 5.95 Å². The molecule has 0 bridgehead atoms. The molecule has 33 heavy (non-hydrogen) atoms. The lowest BCUT2D eigenvalue weighted by atomic mass is 9.77. The highest BCUT2D eigenvalue weighted by molar-refractivity contribution is 7.90. The number of hydrogen-bond acceptors (Lipinski definition) is 6. The van der Waals surface area contributed by atoms with Crippen molar-refractivity contribution in [3.63, 3.8) is 0 Å². The van der Waals surface area contributed by atoms with E-state index in [0.717, 1.165) is 54.6 Å². The monoisotopic (exact) mass is 470 g/mol. The van der Waals surface area contributed by atoms with Gasteiger partial charge in [0, 0.05) is 30.2 Å². The summed E-state index contributed by atoms with van der Waals surface area (Å²) in [5.41, 5.74) is 0.399. The van der Waals surface area contributed by atoms with Gasteiger partial charge in [0.25, 0.3) is 0 Å². The van der Waals surface area contributed by atoms with E-state index in [2.05, 4.69) is 16.4 Å². The Kier molecular flexibility index (Phi) is 7.46. The lowest BCUT2D eigenvalue weighted by Crippen LogP contribution is -2.37. The molecule has 1 fully saturated rings. The highest BCUT2D eigenvalue weighted by atomic mass is 32.2. The maximum atomic E-state index is 11.3. The summed E-state index contributed by atoms with van der Waals surface area (Å²) in [6, 6.07) is 10.3. The number of nitrogens with zero attached hydrogens (tertiary/aromatic N) is 3. The van der Waals surface area contributed by atoms with Gasteiger partial charge in [0.15, 0.2) is 0 Å². The largest absolute Gasteiger partial charge is 0.617 e. The Morgan fingerprint density at radius 2 is 2.00 bits per heavy atom. The van der Waals surface area contributed by atoms with Crippen LogP contribution in [0.15, 0.2) is 42.7 Å². The van der Waals surface area contributed by atoms with Gasteiger partial charge in [-0.25, -0.2) is 4.98 Å². The number of benzene rings is 1. The molecule has 2 heterocycles. The molecule has 4 rings (SSSR count). The summed E-state index contributed by atoms with van der Waals surface area (Å²) in [5, 5.41) is 14.8. The summed E-state index contributed by atoms with van der Waals surface area (Å²) in [4.78, 5) is 9.21. The summed E-state index contributed by atoms with van der Waals surface area (Å²) in [6.45, 7) is 4.35. The molecule has 3 aromatic rings. The number of ether oxygens (including phenoxy) is 1. The Hall–Kier alpha value is -2.29. The third-order valence-electron chi connectivity index (χ3n) is 6.47. The Labute approximate surface area is 198 Å². The quantitative estimate of drug-likeness (QED) is 0.357. The second kappa shape index (κ2) is 10.3. The minimum atomic E-state index is -0.798. The second-order valence-electron chi connectivity index (χ2n) is 9.44. The fourth-order valence-electron chi connectivity index (χ4n) is 4.59. The first-order chi connectivity index (χ1) is 15.8. The molecule has 0 aliphatic heterocycles. The van der Waals surface area contributed by atoms with E-state index in [9.17, 15) is 9.66 Å². The maximum Gasteiger partial charge on any atom is 0.224 e. The summed E-state index contributed by atoms with van der Waals surface area (Å²) >= 11 is -0.798. The SMILES string of the molecule is C[S+]([O-])CCCOc1cccc2c1ccn2-c1ccnc(N[C@H]2CC[C@H](C(C)(C)O)CC2)n1. The maximum absolute atomic E-state index is 11.3. The first-order valence-electron chi connectivity index (χ1n) is 11.7. The fraction of sp³-hybridized carbons (Fsp3) is 0.520. The van der Waals surface area contributed by atoms with E-state index < -0.39 is 16.8 Å². The molecule has 0 amide bonds. The van der Waals surface area contributed by atoms with Gasteiger partial charge in [-0.15, -0.1) is 0 Å². The summed E-state index contributed by atoms with van der Waals surface area (Å²) in [6.07, 6.45) is 10.3. The van der Waals surface area contributed by atoms with E-state index in [0.29, 0.717) is 30.3 Å². The molecule has 1 unspecified atom stereocenters. The molecule has 178 valence electrons. The molecule has 8 heteroatoms. The smallest absolute Gasteiger partial charge is 0.224 e. The standard InChI is InChI=1S/C25H34N4O3S/c1-25(2,30)18-8-10-19(11-9-18)27-24-26-14-12-23(28-24)29-15-13-20-21(29)6-4-7-22(20)32-16-5-17-33(3)31/h4,6-7,12-15,18-19,30H,5,8-11,16-17H2,1-3H3,(H,26,27,28)/t18-,19-,33?. The summed E-state index contributed by atoms with van der Waals surface area (Å²) in [7, 11) is 0. The van der Waals surface area contributed by atoms with Gasteiger partial charge in [0.1, 0.15) is 17.3 Å². The van der Waals surface area contributed by atoms with E-state index in [1.54, 1.807) is 12.5 Å². The first kappa shape index (κ1) is 23.9. The number of rotatable bonds is 9. The lowest BCUT2D eigenvalue weighted by molar-refractivity contribution is -0.000414. The average Bonchev–Trinajstić information content (AvgIpc) is 3.21. The molecule has 0 radical (unpaired) electrons. The minimum Gasteiger partial charge on any atom is -0.617 e. The Morgan fingerprint density at radius 1 is 1.21 bits per heavy atom. The van der Waals surface area contributed by atoms with Crippen molar-refractivity contribution in [1.82, 2.24) is 14.5 Å². The third kappa shape index (κ3) is 5.99. The normalized spacial score (nSPS) is 20.0. The van der Waals surface area contributed by atoms with Gasteiger partial charge < -0.3 is 24.3 Å². The van der Waals surface area contributed by atoms with Gasteiger partial charge in [-0.2, -0.15) is 4.98 Å². The lowest BCUT2D eigenvalue weighted by Gasteiger charge is -2.36. The zero-order valence-corrected chi connectivity index (χ0v) is 20.5. The van der Waals surface area contributed by atoms with E-state index in [1.807, 2.05) is 48.9 Å². The number of nitrogens with one attached hydrogen (secondary N) is 1. The van der Waals surface area contributed by atoms with Crippen LogP contribution in [0, 0.1) is 5.92 Å². The van der Waals surface area contributed by atoms with Crippen LogP contribution < -0.4 is 10.1 Å². The van der Waals surface area contributed by atoms with Crippen molar-refractivity contribution in [2.24, 2.45) is 5.92 Å². The molecule has 2 N–H and O–H groups in total. The van der Waals surface area contributed by atoms with Crippen molar-refractivity contribution >= 4 is 28.0 Å². The summed E-state index contributed by atoms with van der Waals surface area (Å²) in [5.74, 6) is 3.23. The Morgan fingerprint density at radius 3 is 2.73 bits per heavy atom. The number of fused-ring (bicyclic) bond motifs is 1. The molecule has 1 aliphatic carbocycles. The predicted molar refractivity (Wildman–Crippen MR) is 134 cm³/mol.